The molecule has 0 aliphatic carbocycles. The van der Waals surface area contributed by atoms with Crippen molar-refractivity contribution >= 4 is 5.82 Å². The maximum absolute atomic E-state index is 5.76. The predicted molar refractivity (Wildman–Crippen MR) is 98.1 cm³/mol. The fourth-order valence-electron chi connectivity index (χ4n) is 3.00. The first-order chi connectivity index (χ1) is 12.7. The summed E-state index contributed by atoms with van der Waals surface area (Å²) in [6, 6.07) is 3.94. The third-order valence-electron chi connectivity index (χ3n) is 4.46. The van der Waals surface area contributed by atoms with Crippen LogP contribution in [0.3, 0.4) is 0 Å². The number of pyridine rings is 1. The first kappa shape index (κ1) is 16.4. The second kappa shape index (κ2) is 7.03. The van der Waals surface area contributed by atoms with E-state index in [-0.39, 0.29) is 5.92 Å². The summed E-state index contributed by atoms with van der Waals surface area (Å²) in [5, 5.41) is 3.39. The van der Waals surface area contributed by atoms with Crippen molar-refractivity contribution in [3.05, 3.63) is 54.1 Å². The topological polar surface area (TPSA) is 85.7 Å². The van der Waals surface area contributed by atoms with Gasteiger partial charge in [0.25, 0.3) is 0 Å². The Balaban J connectivity index is 1.47. The van der Waals surface area contributed by atoms with Crippen LogP contribution in [-0.4, -0.2) is 38.1 Å². The number of nitrogens with one attached hydrogen (secondary N) is 1. The molecule has 0 amide bonds. The summed E-state index contributed by atoms with van der Waals surface area (Å²) < 4.78 is 5.76. The Bertz CT molecular complexity index is 912. The molecule has 4 heterocycles. The van der Waals surface area contributed by atoms with E-state index in [0.717, 1.165) is 47.3 Å². The number of hydrogen-bond donors (Lipinski definition) is 1. The number of fused-ring (bicyclic) bond motifs is 1. The first-order valence-corrected chi connectivity index (χ1v) is 8.66. The first-order valence-electron chi connectivity index (χ1n) is 8.66. The summed E-state index contributed by atoms with van der Waals surface area (Å²) >= 11 is 0. The number of rotatable bonds is 5. The Hall–Kier alpha value is -3.09. The summed E-state index contributed by atoms with van der Waals surface area (Å²) in [6.07, 6.45) is 7.84. The molecule has 7 heteroatoms. The van der Waals surface area contributed by atoms with Crippen LogP contribution in [0.25, 0.3) is 11.3 Å². The van der Waals surface area contributed by atoms with Crippen molar-refractivity contribution in [2.75, 3.05) is 18.5 Å². The van der Waals surface area contributed by atoms with Crippen LogP contribution in [0.5, 0.6) is 5.75 Å². The lowest BCUT2D eigenvalue weighted by molar-refractivity contribution is 0.352. The SMILES string of the molecule is Cc1ncc(-c2cc(NC[C@@H](C)c3ccnc4c3OCC4)ncn2)cn1. The number of anilines is 1. The molecule has 4 rings (SSSR count). The van der Waals surface area contributed by atoms with E-state index in [1.165, 1.54) is 5.56 Å². The van der Waals surface area contributed by atoms with Gasteiger partial charge in [0.15, 0.2) is 0 Å². The molecule has 132 valence electrons. The van der Waals surface area contributed by atoms with Gasteiger partial charge < -0.3 is 10.1 Å². The lowest BCUT2D eigenvalue weighted by atomic mass is 10.00. The van der Waals surface area contributed by atoms with E-state index in [9.17, 15) is 0 Å². The van der Waals surface area contributed by atoms with E-state index in [1.54, 1.807) is 18.7 Å². The van der Waals surface area contributed by atoms with Gasteiger partial charge in [-0.25, -0.2) is 19.9 Å². The number of aryl methyl sites for hydroxylation is 1. The van der Waals surface area contributed by atoms with E-state index < -0.39 is 0 Å². The monoisotopic (exact) mass is 348 g/mol. The summed E-state index contributed by atoms with van der Waals surface area (Å²) in [7, 11) is 0. The molecule has 0 bridgehead atoms. The van der Waals surface area contributed by atoms with Gasteiger partial charge in [-0.05, 0) is 13.0 Å². The molecule has 3 aromatic rings. The van der Waals surface area contributed by atoms with Crippen molar-refractivity contribution in [2.45, 2.75) is 26.2 Å². The van der Waals surface area contributed by atoms with E-state index in [4.69, 9.17) is 4.74 Å². The molecule has 1 aliphatic rings. The maximum atomic E-state index is 5.76. The average molecular weight is 348 g/mol. The highest BCUT2D eigenvalue weighted by Gasteiger charge is 2.20. The van der Waals surface area contributed by atoms with Gasteiger partial charge in [0.1, 0.15) is 23.7 Å². The molecule has 0 unspecified atom stereocenters. The Morgan fingerprint density at radius 2 is 2.00 bits per heavy atom. The van der Waals surface area contributed by atoms with E-state index >= 15 is 0 Å². The second-order valence-electron chi connectivity index (χ2n) is 6.36. The zero-order valence-corrected chi connectivity index (χ0v) is 14.8. The van der Waals surface area contributed by atoms with Gasteiger partial charge in [-0.2, -0.15) is 0 Å². The van der Waals surface area contributed by atoms with Crippen molar-refractivity contribution in [1.82, 2.24) is 24.9 Å². The highest BCUT2D eigenvalue weighted by molar-refractivity contribution is 5.60. The standard InChI is InChI=1S/C19H20N6O/c1-12(15-3-5-20-16-4-6-26-19(15)16)8-23-18-7-17(24-11-25-18)14-9-21-13(2)22-10-14/h3,5,7,9-12H,4,6,8H2,1-2H3,(H,23,24,25)/t12-/m1/s1. The van der Waals surface area contributed by atoms with Gasteiger partial charge >= 0.3 is 0 Å². The van der Waals surface area contributed by atoms with Crippen LogP contribution in [0.2, 0.25) is 0 Å². The molecular formula is C19H20N6O. The molecule has 3 aromatic heterocycles. The van der Waals surface area contributed by atoms with Crippen LogP contribution in [0.15, 0.2) is 37.1 Å². The third-order valence-corrected chi connectivity index (χ3v) is 4.46. The van der Waals surface area contributed by atoms with E-state index in [1.807, 2.05) is 25.3 Å². The molecule has 0 aromatic carbocycles. The van der Waals surface area contributed by atoms with Crippen LogP contribution in [0.1, 0.15) is 29.9 Å². The summed E-state index contributed by atoms with van der Waals surface area (Å²) in [5.41, 5.74) is 3.90. The van der Waals surface area contributed by atoms with Crippen molar-refractivity contribution in [3.8, 4) is 17.0 Å². The van der Waals surface area contributed by atoms with E-state index in [0.29, 0.717) is 6.61 Å². The molecule has 26 heavy (non-hydrogen) atoms. The van der Waals surface area contributed by atoms with Gasteiger partial charge in [-0.15, -0.1) is 0 Å². The van der Waals surface area contributed by atoms with Crippen molar-refractivity contribution in [1.29, 1.82) is 0 Å². The lowest BCUT2D eigenvalue weighted by Crippen LogP contribution is -2.12. The normalized spacial score (nSPS) is 13.8. The van der Waals surface area contributed by atoms with Crippen molar-refractivity contribution in [3.63, 3.8) is 0 Å². The van der Waals surface area contributed by atoms with Crippen LogP contribution in [-0.2, 0) is 6.42 Å². The largest absolute Gasteiger partial charge is 0.491 e. The quantitative estimate of drug-likeness (QED) is 0.759. The minimum atomic E-state index is 0.269. The van der Waals surface area contributed by atoms with Crippen LogP contribution >= 0.6 is 0 Å². The molecular weight excluding hydrogens is 328 g/mol. The van der Waals surface area contributed by atoms with Crippen molar-refractivity contribution in [2.24, 2.45) is 0 Å². The predicted octanol–water partition coefficient (Wildman–Crippen LogP) is 2.79. The number of aromatic nitrogens is 5. The maximum Gasteiger partial charge on any atom is 0.144 e. The number of hydrogen-bond acceptors (Lipinski definition) is 7. The fourth-order valence-corrected chi connectivity index (χ4v) is 3.00. The Morgan fingerprint density at radius 3 is 2.85 bits per heavy atom. The minimum Gasteiger partial charge on any atom is -0.491 e. The number of nitrogens with zero attached hydrogens (tertiary/aromatic N) is 5. The minimum absolute atomic E-state index is 0.269. The lowest BCUT2D eigenvalue weighted by Gasteiger charge is -2.16. The zero-order valence-electron chi connectivity index (χ0n) is 14.8. The zero-order chi connectivity index (χ0) is 17.9. The molecule has 1 aliphatic heterocycles. The molecule has 0 radical (unpaired) electrons. The highest BCUT2D eigenvalue weighted by Crippen LogP contribution is 2.32. The summed E-state index contributed by atoms with van der Waals surface area (Å²) in [6.45, 7) is 5.48. The van der Waals surface area contributed by atoms with Crippen LogP contribution in [0, 0.1) is 6.92 Å². The Morgan fingerprint density at radius 1 is 1.15 bits per heavy atom. The van der Waals surface area contributed by atoms with Gasteiger partial charge in [-0.3, -0.25) is 4.98 Å². The van der Waals surface area contributed by atoms with Gasteiger partial charge in [0.05, 0.1) is 18.0 Å². The van der Waals surface area contributed by atoms with Crippen LogP contribution < -0.4 is 10.1 Å². The summed E-state index contributed by atoms with van der Waals surface area (Å²) in [4.78, 5) is 21.5. The highest BCUT2D eigenvalue weighted by atomic mass is 16.5. The Kier molecular flexibility index (Phi) is 4.43. The van der Waals surface area contributed by atoms with Crippen molar-refractivity contribution < 1.29 is 4.74 Å². The molecule has 0 spiro atoms. The average Bonchev–Trinajstić information content (AvgIpc) is 3.16. The van der Waals surface area contributed by atoms with Crippen LogP contribution in [0.4, 0.5) is 5.82 Å². The Labute approximate surface area is 151 Å². The third kappa shape index (κ3) is 3.33. The fraction of sp³-hybridized carbons (Fsp3) is 0.316. The molecule has 7 nitrogen and oxygen atoms in total. The second-order valence-corrected chi connectivity index (χ2v) is 6.36. The molecule has 0 saturated carbocycles. The van der Waals surface area contributed by atoms with Gasteiger partial charge in [0.2, 0.25) is 0 Å². The van der Waals surface area contributed by atoms with Gasteiger partial charge in [-0.1, -0.05) is 6.92 Å². The molecule has 1 atom stereocenters. The number of ether oxygens (including phenoxy) is 1. The smallest absolute Gasteiger partial charge is 0.144 e. The van der Waals surface area contributed by atoms with E-state index in [2.05, 4.69) is 37.2 Å². The van der Waals surface area contributed by atoms with Gasteiger partial charge in [0, 0.05) is 54.7 Å². The molecule has 0 saturated heterocycles. The summed E-state index contributed by atoms with van der Waals surface area (Å²) in [5.74, 6) is 2.73. The molecule has 1 N–H and O–H groups in total. The molecule has 0 fully saturated rings.